The summed E-state index contributed by atoms with van der Waals surface area (Å²) < 4.78 is 27.4. The molecule has 2 aliphatic carbocycles. The van der Waals surface area contributed by atoms with Crippen LogP contribution in [0.3, 0.4) is 0 Å². The van der Waals surface area contributed by atoms with E-state index in [1.807, 2.05) is 12.1 Å². The number of rotatable bonds is 11. The van der Waals surface area contributed by atoms with E-state index in [4.69, 9.17) is 23.2 Å². The van der Waals surface area contributed by atoms with Crippen molar-refractivity contribution in [3.05, 3.63) is 69.2 Å². The lowest BCUT2D eigenvalue weighted by Crippen LogP contribution is -2.15. The van der Waals surface area contributed by atoms with Gasteiger partial charge in [-0.1, -0.05) is 133 Å². The molecule has 0 aliphatic heterocycles. The number of benzene rings is 2. The van der Waals surface area contributed by atoms with Gasteiger partial charge in [-0.05, 0) is 84.7 Å². The van der Waals surface area contributed by atoms with E-state index in [-0.39, 0.29) is 11.6 Å². The minimum Gasteiger partial charge on any atom is -0.207 e. The molecular weight excluding hydrogens is 529 g/mol. The molecular formula is C35H50Cl2F2. The van der Waals surface area contributed by atoms with E-state index in [1.165, 1.54) is 95.6 Å². The SMILES string of the molecule is CCCCC1CCC(CCc2ccc(Cl)cc2F)CC1.CCC[C@H]1CC[C@H](CCc2ccc(Cl)cc2F)CC1. The molecule has 0 amide bonds. The van der Waals surface area contributed by atoms with Crippen LogP contribution in [0, 0.1) is 35.3 Å². The first-order valence-corrected chi connectivity index (χ1v) is 16.5. The monoisotopic (exact) mass is 578 g/mol. The summed E-state index contributed by atoms with van der Waals surface area (Å²) in [5, 5.41) is 0.976. The first-order valence-electron chi connectivity index (χ1n) is 15.8. The van der Waals surface area contributed by atoms with Crippen molar-refractivity contribution in [3.8, 4) is 0 Å². The maximum absolute atomic E-state index is 13.7. The molecule has 0 heterocycles. The van der Waals surface area contributed by atoms with E-state index in [2.05, 4.69) is 13.8 Å². The van der Waals surface area contributed by atoms with Crippen LogP contribution in [-0.4, -0.2) is 0 Å². The summed E-state index contributed by atoms with van der Waals surface area (Å²) in [5.41, 5.74) is 1.64. The zero-order valence-corrected chi connectivity index (χ0v) is 25.8. The lowest BCUT2D eigenvalue weighted by molar-refractivity contribution is 0.249. The van der Waals surface area contributed by atoms with Crippen molar-refractivity contribution in [1.82, 2.24) is 0 Å². The molecule has 4 heteroatoms. The normalized spacial score (nSPS) is 23.2. The maximum atomic E-state index is 13.7. The molecule has 0 radical (unpaired) electrons. The van der Waals surface area contributed by atoms with Crippen LogP contribution < -0.4 is 0 Å². The standard InChI is InChI=1S/C18H26ClF.C17H24ClF/c1-2-3-4-14-5-7-15(8-6-14)9-10-16-11-12-17(19)13-18(16)20;1-2-3-13-4-6-14(7-5-13)8-9-15-10-11-16(18)12-17(15)19/h11-15H,2-10H2,1H3;10-14H,2-9H2,1H3/t;13-,14-. The second kappa shape index (κ2) is 17.6. The van der Waals surface area contributed by atoms with Gasteiger partial charge in [-0.25, -0.2) is 8.78 Å². The van der Waals surface area contributed by atoms with Gasteiger partial charge >= 0.3 is 0 Å². The molecule has 0 spiro atoms. The molecule has 39 heavy (non-hydrogen) atoms. The average Bonchev–Trinajstić information content (AvgIpc) is 2.93. The summed E-state index contributed by atoms with van der Waals surface area (Å²) in [7, 11) is 0. The molecule has 2 saturated carbocycles. The van der Waals surface area contributed by atoms with Crippen LogP contribution in [0.4, 0.5) is 8.78 Å². The lowest BCUT2D eigenvalue weighted by atomic mass is 9.78. The molecule has 2 aliphatic rings. The molecule has 2 aromatic rings. The van der Waals surface area contributed by atoms with Crippen molar-refractivity contribution < 1.29 is 8.78 Å². The predicted octanol–water partition coefficient (Wildman–Crippen LogP) is 12.4. The summed E-state index contributed by atoms with van der Waals surface area (Å²) in [5.74, 6) is 3.21. The molecule has 2 aromatic carbocycles. The molecule has 0 saturated heterocycles. The van der Waals surface area contributed by atoms with Gasteiger partial charge in [0.05, 0.1) is 0 Å². The van der Waals surface area contributed by atoms with E-state index in [0.29, 0.717) is 10.0 Å². The molecule has 0 atom stereocenters. The zero-order valence-electron chi connectivity index (χ0n) is 24.3. The van der Waals surface area contributed by atoms with Crippen molar-refractivity contribution >= 4 is 23.2 Å². The molecule has 4 rings (SSSR count). The highest BCUT2D eigenvalue weighted by molar-refractivity contribution is 6.30. The van der Waals surface area contributed by atoms with Crippen LogP contribution in [0.5, 0.6) is 0 Å². The van der Waals surface area contributed by atoms with E-state index in [9.17, 15) is 8.78 Å². The molecule has 0 aromatic heterocycles. The Labute approximate surface area is 247 Å². The van der Waals surface area contributed by atoms with Crippen molar-refractivity contribution in [2.45, 2.75) is 123 Å². The summed E-state index contributed by atoms with van der Waals surface area (Å²) >= 11 is 11.6. The third-order valence-electron chi connectivity index (χ3n) is 9.27. The minimum atomic E-state index is -0.146. The highest BCUT2D eigenvalue weighted by Gasteiger charge is 2.22. The molecule has 0 unspecified atom stereocenters. The third kappa shape index (κ3) is 11.7. The van der Waals surface area contributed by atoms with Crippen LogP contribution in [-0.2, 0) is 12.8 Å². The summed E-state index contributed by atoms with van der Waals surface area (Å²) in [4.78, 5) is 0. The Kier molecular flexibility index (Phi) is 14.7. The molecule has 0 nitrogen and oxygen atoms in total. The van der Waals surface area contributed by atoms with E-state index >= 15 is 0 Å². The van der Waals surface area contributed by atoms with Gasteiger partial charge in [-0.15, -0.1) is 0 Å². The highest BCUT2D eigenvalue weighted by atomic mass is 35.5. The Balaban J connectivity index is 0.000000216. The lowest BCUT2D eigenvalue weighted by Gasteiger charge is -2.28. The first-order chi connectivity index (χ1) is 18.9. The van der Waals surface area contributed by atoms with E-state index in [1.54, 1.807) is 12.1 Å². The smallest absolute Gasteiger partial charge is 0.127 e. The quantitative estimate of drug-likeness (QED) is 0.248. The maximum Gasteiger partial charge on any atom is 0.127 e. The fourth-order valence-corrected chi connectivity index (χ4v) is 7.00. The average molecular weight is 580 g/mol. The van der Waals surface area contributed by atoms with Crippen LogP contribution in [0.25, 0.3) is 0 Å². The summed E-state index contributed by atoms with van der Waals surface area (Å²) in [6.45, 7) is 4.54. The van der Waals surface area contributed by atoms with Gasteiger partial charge in [0.2, 0.25) is 0 Å². The Bertz CT molecular complexity index is 959. The van der Waals surface area contributed by atoms with Gasteiger partial charge in [0.15, 0.2) is 0 Å². The van der Waals surface area contributed by atoms with Gasteiger partial charge in [0, 0.05) is 10.0 Å². The number of hydrogen-bond donors (Lipinski definition) is 0. The van der Waals surface area contributed by atoms with E-state index in [0.717, 1.165) is 60.5 Å². The van der Waals surface area contributed by atoms with Crippen molar-refractivity contribution in [2.75, 3.05) is 0 Å². The second-order valence-electron chi connectivity index (χ2n) is 12.3. The first kappa shape index (κ1) is 32.4. The van der Waals surface area contributed by atoms with Gasteiger partial charge in [-0.3, -0.25) is 0 Å². The Morgan fingerprint density at radius 1 is 0.564 bits per heavy atom. The van der Waals surface area contributed by atoms with Crippen LogP contribution in [0.1, 0.15) is 121 Å². The predicted molar refractivity (Wildman–Crippen MR) is 165 cm³/mol. The Hall–Kier alpha value is -1.12. The van der Waals surface area contributed by atoms with Crippen molar-refractivity contribution in [3.63, 3.8) is 0 Å². The van der Waals surface area contributed by atoms with Gasteiger partial charge in [-0.2, -0.15) is 0 Å². The van der Waals surface area contributed by atoms with Gasteiger partial charge in [0.1, 0.15) is 11.6 Å². The topological polar surface area (TPSA) is 0 Å². The molecule has 218 valence electrons. The minimum absolute atomic E-state index is 0.144. The van der Waals surface area contributed by atoms with E-state index < -0.39 is 0 Å². The number of aryl methyl sites for hydroxylation is 2. The largest absolute Gasteiger partial charge is 0.207 e. The highest BCUT2D eigenvalue weighted by Crippen LogP contribution is 2.35. The Morgan fingerprint density at radius 2 is 0.949 bits per heavy atom. The van der Waals surface area contributed by atoms with Gasteiger partial charge in [0.25, 0.3) is 0 Å². The molecule has 0 bridgehead atoms. The van der Waals surface area contributed by atoms with Crippen molar-refractivity contribution in [1.29, 1.82) is 0 Å². The molecule has 0 N–H and O–H groups in total. The fraction of sp³-hybridized carbons (Fsp3) is 0.657. The second-order valence-corrected chi connectivity index (χ2v) is 13.1. The zero-order chi connectivity index (χ0) is 28.0. The third-order valence-corrected chi connectivity index (χ3v) is 9.74. The van der Waals surface area contributed by atoms with Crippen LogP contribution in [0.15, 0.2) is 36.4 Å². The van der Waals surface area contributed by atoms with Crippen LogP contribution >= 0.6 is 23.2 Å². The number of halogens is 4. The van der Waals surface area contributed by atoms with Crippen LogP contribution in [0.2, 0.25) is 10.0 Å². The number of unbranched alkanes of at least 4 members (excludes halogenated alkanes) is 1. The molecule has 2 fully saturated rings. The van der Waals surface area contributed by atoms with Gasteiger partial charge < -0.3 is 0 Å². The summed E-state index contributed by atoms with van der Waals surface area (Å²) in [6, 6.07) is 10.1. The Morgan fingerprint density at radius 3 is 1.31 bits per heavy atom. The number of hydrogen-bond acceptors (Lipinski definition) is 0. The fourth-order valence-electron chi connectivity index (χ4n) is 6.69. The van der Waals surface area contributed by atoms with Crippen molar-refractivity contribution in [2.24, 2.45) is 23.7 Å². The summed E-state index contributed by atoms with van der Waals surface area (Å²) in [6.07, 6.45) is 21.6.